The molecule has 1 aromatic rings. The first kappa shape index (κ1) is 11.8. The average molecular weight is 266 g/mol. The molecule has 0 radical (unpaired) electrons. The van der Waals surface area contributed by atoms with Gasteiger partial charge in [0, 0.05) is 10.9 Å². The van der Waals surface area contributed by atoms with Crippen molar-refractivity contribution in [2.75, 3.05) is 6.54 Å². The minimum absolute atomic E-state index is 0.00655. The van der Waals surface area contributed by atoms with Gasteiger partial charge in [-0.15, -0.1) is 6.42 Å². The monoisotopic (exact) mass is 265 g/mol. The summed E-state index contributed by atoms with van der Waals surface area (Å²) in [5.41, 5.74) is 1.14. The number of carbonyl (C=O) groups excluding carboxylic acids is 1. The highest BCUT2D eigenvalue weighted by molar-refractivity contribution is 9.10. The maximum Gasteiger partial charge on any atom is 0.221 e. The number of hydrogen-bond acceptors (Lipinski definition) is 1. The van der Waals surface area contributed by atoms with Gasteiger partial charge in [-0.1, -0.05) is 34.0 Å². The summed E-state index contributed by atoms with van der Waals surface area (Å²) in [6.07, 6.45) is 6.24. The standard InChI is InChI=1S/C12H12BrNO/c1-2-8-14-12(15)7-6-10-4-3-5-11(13)9-10/h1,3-5,9H,6-8H2,(H,14,15). The molecule has 2 nitrogen and oxygen atoms in total. The highest BCUT2D eigenvalue weighted by Gasteiger charge is 2.00. The molecule has 0 unspecified atom stereocenters. The third-order valence-corrected chi connectivity index (χ3v) is 2.41. The van der Waals surface area contributed by atoms with E-state index < -0.39 is 0 Å². The van der Waals surface area contributed by atoms with Crippen molar-refractivity contribution in [2.24, 2.45) is 0 Å². The Morgan fingerprint density at radius 3 is 3.00 bits per heavy atom. The first-order chi connectivity index (χ1) is 7.22. The zero-order chi connectivity index (χ0) is 11.1. The predicted octanol–water partition coefficient (Wildman–Crippen LogP) is 2.13. The summed E-state index contributed by atoms with van der Waals surface area (Å²) in [4.78, 5) is 11.2. The molecule has 15 heavy (non-hydrogen) atoms. The van der Waals surface area contributed by atoms with Gasteiger partial charge in [0.15, 0.2) is 0 Å². The van der Waals surface area contributed by atoms with E-state index in [4.69, 9.17) is 6.42 Å². The lowest BCUT2D eigenvalue weighted by Crippen LogP contribution is -2.23. The number of hydrogen-bond donors (Lipinski definition) is 1. The van der Waals surface area contributed by atoms with E-state index >= 15 is 0 Å². The molecule has 0 fully saturated rings. The highest BCUT2D eigenvalue weighted by atomic mass is 79.9. The fraction of sp³-hybridized carbons (Fsp3) is 0.250. The van der Waals surface area contributed by atoms with Gasteiger partial charge in [0.05, 0.1) is 6.54 Å². The molecule has 0 bridgehead atoms. The maximum atomic E-state index is 11.2. The Bertz CT molecular complexity index is 381. The molecule has 0 aliphatic rings. The van der Waals surface area contributed by atoms with E-state index in [9.17, 15) is 4.79 Å². The van der Waals surface area contributed by atoms with Crippen molar-refractivity contribution >= 4 is 21.8 Å². The summed E-state index contributed by atoms with van der Waals surface area (Å²) in [6.45, 7) is 0.303. The Kier molecular flexibility index (Phi) is 4.92. The van der Waals surface area contributed by atoms with E-state index in [1.807, 2.05) is 24.3 Å². The molecule has 0 saturated heterocycles. The summed E-state index contributed by atoms with van der Waals surface area (Å²) in [5, 5.41) is 2.63. The molecule has 1 amide bonds. The normalized spacial score (nSPS) is 9.33. The minimum Gasteiger partial charge on any atom is -0.345 e. The highest BCUT2D eigenvalue weighted by Crippen LogP contribution is 2.12. The third kappa shape index (κ3) is 4.66. The van der Waals surface area contributed by atoms with E-state index in [-0.39, 0.29) is 5.91 Å². The first-order valence-electron chi connectivity index (χ1n) is 4.67. The molecular weight excluding hydrogens is 254 g/mol. The quantitative estimate of drug-likeness (QED) is 0.831. The van der Waals surface area contributed by atoms with Crippen molar-refractivity contribution in [1.29, 1.82) is 0 Å². The predicted molar refractivity (Wildman–Crippen MR) is 64.3 cm³/mol. The van der Waals surface area contributed by atoms with Crippen LogP contribution in [-0.4, -0.2) is 12.5 Å². The number of carbonyl (C=O) groups is 1. The van der Waals surface area contributed by atoms with Crippen LogP contribution < -0.4 is 5.32 Å². The van der Waals surface area contributed by atoms with Gasteiger partial charge in [-0.05, 0) is 24.1 Å². The van der Waals surface area contributed by atoms with Crippen molar-refractivity contribution in [3.05, 3.63) is 34.3 Å². The van der Waals surface area contributed by atoms with Crippen molar-refractivity contribution in [2.45, 2.75) is 12.8 Å². The second-order valence-electron chi connectivity index (χ2n) is 3.11. The van der Waals surface area contributed by atoms with Crippen molar-refractivity contribution in [3.63, 3.8) is 0 Å². The summed E-state index contributed by atoms with van der Waals surface area (Å²) < 4.78 is 1.03. The van der Waals surface area contributed by atoms with Gasteiger partial charge in [0.1, 0.15) is 0 Å². The Morgan fingerprint density at radius 1 is 1.53 bits per heavy atom. The summed E-state index contributed by atoms with van der Waals surface area (Å²) in [6, 6.07) is 7.92. The van der Waals surface area contributed by atoms with Crippen LogP contribution in [0.5, 0.6) is 0 Å². The van der Waals surface area contributed by atoms with E-state index in [0.29, 0.717) is 13.0 Å². The van der Waals surface area contributed by atoms with Gasteiger partial charge in [-0.2, -0.15) is 0 Å². The second kappa shape index (κ2) is 6.26. The van der Waals surface area contributed by atoms with Gasteiger partial charge in [-0.3, -0.25) is 4.79 Å². The molecule has 0 aliphatic heterocycles. The first-order valence-corrected chi connectivity index (χ1v) is 5.46. The van der Waals surface area contributed by atoms with Gasteiger partial charge in [0.25, 0.3) is 0 Å². The lowest BCUT2D eigenvalue weighted by Gasteiger charge is -2.02. The summed E-state index contributed by atoms with van der Waals surface area (Å²) in [7, 11) is 0. The van der Waals surface area contributed by atoms with Crippen LogP contribution in [0.25, 0.3) is 0 Å². The molecule has 0 heterocycles. The Balaban J connectivity index is 2.37. The lowest BCUT2D eigenvalue weighted by molar-refractivity contribution is -0.120. The summed E-state index contributed by atoms with van der Waals surface area (Å²) >= 11 is 3.38. The molecule has 0 atom stereocenters. The molecule has 0 spiro atoms. The molecular formula is C12H12BrNO. The topological polar surface area (TPSA) is 29.1 Å². The maximum absolute atomic E-state index is 11.2. The number of halogens is 1. The second-order valence-corrected chi connectivity index (χ2v) is 4.03. The third-order valence-electron chi connectivity index (χ3n) is 1.92. The molecule has 1 aromatic carbocycles. The Hall–Kier alpha value is -1.27. The molecule has 0 aromatic heterocycles. The molecule has 3 heteroatoms. The number of terminal acetylenes is 1. The van der Waals surface area contributed by atoms with Crippen LogP contribution in [0.2, 0.25) is 0 Å². The minimum atomic E-state index is -0.00655. The Labute approximate surface area is 98.2 Å². The molecule has 0 saturated carbocycles. The van der Waals surface area contributed by atoms with E-state index in [0.717, 1.165) is 16.5 Å². The zero-order valence-electron chi connectivity index (χ0n) is 8.29. The average Bonchev–Trinajstić information content (AvgIpc) is 2.23. The van der Waals surface area contributed by atoms with E-state index in [1.54, 1.807) is 0 Å². The van der Waals surface area contributed by atoms with Crippen LogP contribution in [0.4, 0.5) is 0 Å². The van der Waals surface area contributed by atoms with Gasteiger partial charge < -0.3 is 5.32 Å². The fourth-order valence-electron chi connectivity index (χ4n) is 1.19. The van der Waals surface area contributed by atoms with Crippen LogP contribution in [0, 0.1) is 12.3 Å². The van der Waals surface area contributed by atoms with Crippen LogP contribution in [0.1, 0.15) is 12.0 Å². The van der Waals surface area contributed by atoms with E-state index in [1.165, 1.54) is 0 Å². The Morgan fingerprint density at radius 2 is 2.33 bits per heavy atom. The zero-order valence-corrected chi connectivity index (χ0v) is 9.88. The van der Waals surface area contributed by atoms with Crippen molar-refractivity contribution in [3.8, 4) is 12.3 Å². The molecule has 78 valence electrons. The van der Waals surface area contributed by atoms with E-state index in [2.05, 4.69) is 27.2 Å². The van der Waals surface area contributed by atoms with Gasteiger partial charge >= 0.3 is 0 Å². The SMILES string of the molecule is C#CCNC(=O)CCc1cccc(Br)c1. The van der Waals surface area contributed by atoms with Crippen molar-refractivity contribution < 1.29 is 4.79 Å². The molecule has 1 rings (SSSR count). The molecule has 0 aliphatic carbocycles. The number of rotatable bonds is 4. The smallest absolute Gasteiger partial charge is 0.221 e. The van der Waals surface area contributed by atoms with Crippen LogP contribution in [0.3, 0.4) is 0 Å². The number of amides is 1. The number of aryl methyl sites for hydroxylation is 1. The lowest BCUT2D eigenvalue weighted by atomic mass is 10.1. The van der Waals surface area contributed by atoms with Gasteiger partial charge in [0.2, 0.25) is 5.91 Å². The van der Waals surface area contributed by atoms with Crippen LogP contribution in [-0.2, 0) is 11.2 Å². The number of nitrogens with one attached hydrogen (secondary N) is 1. The summed E-state index contributed by atoms with van der Waals surface area (Å²) in [5.74, 6) is 2.36. The van der Waals surface area contributed by atoms with Crippen molar-refractivity contribution in [1.82, 2.24) is 5.32 Å². The van der Waals surface area contributed by atoms with Crippen LogP contribution in [0.15, 0.2) is 28.7 Å². The number of benzene rings is 1. The fourth-order valence-corrected chi connectivity index (χ4v) is 1.63. The van der Waals surface area contributed by atoms with Crippen LogP contribution >= 0.6 is 15.9 Å². The molecule has 1 N–H and O–H groups in total. The van der Waals surface area contributed by atoms with Gasteiger partial charge in [-0.25, -0.2) is 0 Å². The largest absolute Gasteiger partial charge is 0.345 e.